The van der Waals surface area contributed by atoms with Gasteiger partial charge < -0.3 is 14.8 Å². The minimum absolute atomic E-state index is 0.00833. The number of nitrogens with zero attached hydrogens (tertiary/aromatic N) is 1. The number of piperidine rings is 1. The second-order valence-electron chi connectivity index (χ2n) is 6.54. The third-order valence-electron chi connectivity index (χ3n) is 4.62. The molecule has 2 rings (SSSR count). The van der Waals surface area contributed by atoms with Crippen molar-refractivity contribution in [1.82, 2.24) is 9.62 Å². The maximum Gasteiger partial charge on any atom is 0.246 e. The predicted molar refractivity (Wildman–Crippen MR) is 111 cm³/mol. The first kappa shape index (κ1) is 23.1. The number of hydrogen-bond acceptors (Lipinski definition) is 5. The molecule has 0 spiro atoms. The van der Waals surface area contributed by atoms with Gasteiger partial charge in [0.2, 0.25) is 15.9 Å². The molecule has 0 aromatic heterocycles. The summed E-state index contributed by atoms with van der Waals surface area (Å²) in [6.45, 7) is 6.65. The van der Waals surface area contributed by atoms with Crippen LogP contribution in [0.5, 0.6) is 5.75 Å². The number of rotatable bonds is 10. The molecule has 0 radical (unpaired) electrons. The van der Waals surface area contributed by atoms with Crippen LogP contribution in [0.15, 0.2) is 27.6 Å². The molecule has 1 aromatic rings. The van der Waals surface area contributed by atoms with Gasteiger partial charge in [0.15, 0.2) is 0 Å². The maximum absolute atomic E-state index is 13.1. The highest BCUT2D eigenvalue weighted by atomic mass is 79.9. The largest absolute Gasteiger partial charge is 0.492 e. The number of sulfonamides is 1. The van der Waals surface area contributed by atoms with E-state index in [9.17, 15) is 13.2 Å². The van der Waals surface area contributed by atoms with E-state index < -0.39 is 10.0 Å². The Morgan fingerprint density at radius 1 is 1.25 bits per heavy atom. The number of carbonyl (C=O) groups excluding carboxylic acids is 1. The fraction of sp³-hybridized carbons (Fsp3) is 0.632. The van der Waals surface area contributed by atoms with Gasteiger partial charge in [-0.15, -0.1) is 0 Å². The van der Waals surface area contributed by atoms with Crippen molar-refractivity contribution in [3.63, 3.8) is 0 Å². The molecule has 0 bridgehead atoms. The topological polar surface area (TPSA) is 84.9 Å². The van der Waals surface area contributed by atoms with Crippen LogP contribution in [0.1, 0.15) is 33.1 Å². The molecule has 1 heterocycles. The van der Waals surface area contributed by atoms with E-state index in [0.717, 1.165) is 6.42 Å². The lowest BCUT2D eigenvalue weighted by Crippen LogP contribution is -2.43. The Balaban J connectivity index is 1.95. The number of nitrogens with one attached hydrogen (secondary N) is 1. The molecule has 7 nitrogen and oxygen atoms in total. The van der Waals surface area contributed by atoms with Crippen molar-refractivity contribution >= 4 is 31.9 Å². The van der Waals surface area contributed by atoms with Crippen molar-refractivity contribution < 1.29 is 22.7 Å². The first-order chi connectivity index (χ1) is 13.4. The van der Waals surface area contributed by atoms with Gasteiger partial charge in [-0.2, -0.15) is 4.31 Å². The number of ether oxygens (including phenoxy) is 2. The quantitative estimate of drug-likeness (QED) is 0.524. The van der Waals surface area contributed by atoms with Gasteiger partial charge in [0.1, 0.15) is 10.6 Å². The summed E-state index contributed by atoms with van der Waals surface area (Å²) in [5.41, 5.74) is 0. The number of hydrogen-bond donors (Lipinski definition) is 1. The van der Waals surface area contributed by atoms with E-state index in [1.54, 1.807) is 18.2 Å². The summed E-state index contributed by atoms with van der Waals surface area (Å²) >= 11 is 3.33. The van der Waals surface area contributed by atoms with Crippen molar-refractivity contribution in [1.29, 1.82) is 0 Å². The van der Waals surface area contributed by atoms with Gasteiger partial charge in [0, 0.05) is 43.2 Å². The van der Waals surface area contributed by atoms with Crippen LogP contribution in [-0.2, 0) is 19.6 Å². The summed E-state index contributed by atoms with van der Waals surface area (Å²) in [5.74, 6) is 0.179. The standard InChI is InChI=1S/C19H29BrN2O5S/c1-3-26-13-5-10-21-19(23)15-8-11-22(12-9-15)28(24,25)18-14-16(20)6-7-17(18)27-4-2/h6-7,14-15H,3-5,8-13H2,1-2H3,(H,21,23). The van der Waals surface area contributed by atoms with E-state index in [-0.39, 0.29) is 16.7 Å². The lowest BCUT2D eigenvalue weighted by molar-refractivity contribution is -0.126. The molecule has 1 saturated heterocycles. The summed E-state index contributed by atoms with van der Waals surface area (Å²) in [6, 6.07) is 4.98. The van der Waals surface area contributed by atoms with Gasteiger partial charge in [0.25, 0.3) is 0 Å². The predicted octanol–water partition coefficient (Wildman–Crippen LogP) is 2.79. The molecule has 0 atom stereocenters. The van der Waals surface area contributed by atoms with Crippen molar-refractivity contribution in [2.75, 3.05) is 39.5 Å². The van der Waals surface area contributed by atoms with Crippen LogP contribution in [-0.4, -0.2) is 58.1 Å². The van der Waals surface area contributed by atoms with Gasteiger partial charge in [-0.1, -0.05) is 15.9 Å². The summed E-state index contributed by atoms with van der Waals surface area (Å²) in [5, 5.41) is 2.92. The van der Waals surface area contributed by atoms with Gasteiger partial charge in [0.05, 0.1) is 6.61 Å². The number of halogens is 1. The summed E-state index contributed by atoms with van der Waals surface area (Å²) < 4.78 is 39.1. The van der Waals surface area contributed by atoms with Crippen LogP contribution in [0, 0.1) is 5.92 Å². The second-order valence-corrected chi connectivity index (χ2v) is 9.37. The SMILES string of the molecule is CCOCCCNC(=O)C1CCN(S(=O)(=O)c2cc(Br)ccc2OCC)CC1. The van der Waals surface area contributed by atoms with Crippen molar-refractivity contribution in [3.05, 3.63) is 22.7 Å². The Bertz CT molecular complexity index is 749. The first-order valence-electron chi connectivity index (χ1n) is 9.68. The number of amides is 1. The Hall–Kier alpha value is -1.16. The highest BCUT2D eigenvalue weighted by molar-refractivity contribution is 9.10. The van der Waals surface area contributed by atoms with Crippen LogP contribution < -0.4 is 10.1 Å². The monoisotopic (exact) mass is 476 g/mol. The molecule has 0 aliphatic carbocycles. The van der Waals surface area contributed by atoms with E-state index >= 15 is 0 Å². The lowest BCUT2D eigenvalue weighted by Gasteiger charge is -2.31. The normalized spacial score (nSPS) is 16.1. The molecule has 0 unspecified atom stereocenters. The fourth-order valence-corrected chi connectivity index (χ4v) is 5.27. The van der Waals surface area contributed by atoms with Gasteiger partial charge in [-0.05, 0) is 51.3 Å². The van der Waals surface area contributed by atoms with E-state index in [1.807, 2.05) is 13.8 Å². The molecular formula is C19H29BrN2O5S. The fourth-order valence-electron chi connectivity index (χ4n) is 3.13. The minimum Gasteiger partial charge on any atom is -0.492 e. The zero-order valence-electron chi connectivity index (χ0n) is 16.4. The highest BCUT2D eigenvalue weighted by Gasteiger charge is 2.33. The van der Waals surface area contributed by atoms with Crippen LogP contribution in [0.2, 0.25) is 0 Å². The Morgan fingerprint density at radius 3 is 2.61 bits per heavy atom. The third-order valence-corrected chi connectivity index (χ3v) is 7.03. The highest BCUT2D eigenvalue weighted by Crippen LogP contribution is 2.32. The Morgan fingerprint density at radius 2 is 1.96 bits per heavy atom. The molecule has 1 N–H and O–H groups in total. The summed E-state index contributed by atoms with van der Waals surface area (Å²) in [6.07, 6.45) is 1.79. The average Bonchev–Trinajstić information content (AvgIpc) is 2.69. The van der Waals surface area contributed by atoms with Gasteiger partial charge in [-0.3, -0.25) is 4.79 Å². The van der Waals surface area contributed by atoms with E-state index in [2.05, 4.69) is 21.2 Å². The number of benzene rings is 1. The molecule has 1 fully saturated rings. The van der Waals surface area contributed by atoms with E-state index in [0.29, 0.717) is 62.5 Å². The Labute approximate surface area is 175 Å². The van der Waals surface area contributed by atoms with Crippen LogP contribution in [0.25, 0.3) is 0 Å². The summed E-state index contributed by atoms with van der Waals surface area (Å²) in [7, 11) is -3.68. The lowest BCUT2D eigenvalue weighted by atomic mass is 9.97. The smallest absolute Gasteiger partial charge is 0.246 e. The molecule has 1 aromatic carbocycles. The molecule has 0 saturated carbocycles. The molecule has 158 valence electrons. The summed E-state index contributed by atoms with van der Waals surface area (Å²) in [4.78, 5) is 12.5. The minimum atomic E-state index is -3.68. The molecule has 9 heteroatoms. The van der Waals surface area contributed by atoms with E-state index in [4.69, 9.17) is 9.47 Å². The van der Waals surface area contributed by atoms with Gasteiger partial charge in [-0.25, -0.2) is 8.42 Å². The van der Waals surface area contributed by atoms with Crippen molar-refractivity contribution in [2.45, 2.75) is 38.0 Å². The van der Waals surface area contributed by atoms with Crippen LogP contribution >= 0.6 is 15.9 Å². The molecule has 1 amide bonds. The molecular weight excluding hydrogens is 448 g/mol. The molecule has 1 aliphatic rings. The van der Waals surface area contributed by atoms with Crippen molar-refractivity contribution in [3.8, 4) is 5.75 Å². The third kappa shape index (κ3) is 6.17. The van der Waals surface area contributed by atoms with E-state index in [1.165, 1.54) is 4.31 Å². The van der Waals surface area contributed by atoms with Crippen molar-refractivity contribution in [2.24, 2.45) is 5.92 Å². The zero-order chi connectivity index (χ0) is 20.6. The molecule has 28 heavy (non-hydrogen) atoms. The maximum atomic E-state index is 13.1. The van der Waals surface area contributed by atoms with Gasteiger partial charge >= 0.3 is 0 Å². The second kappa shape index (κ2) is 11.1. The average molecular weight is 477 g/mol. The molecule has 1 aliphatic heterocycles. The Kier molecular flexibility index (Phi) is 9.20. The number of carbonyl (C=O) groups is 1. The van der Waals surface area contributed by atoms with Crippen LogP contribution in [0.4, 0.5) is 0 Å². The van der Waals surface area contributed by atoms with Crippen LogP contribution in [0.3, 0.4) is 0 Å². The first-order valence-corrected chi connectivity index (χ1v) is 11.9. The zero-order valence-corrected chi connectivity index (χ0v) is 18.9.